The van der Waals surface area contributed by atoms with Gasteiger partial charge >= 0.3 is 0 Å². The molecule has 0 bridgehead atoms. The lowest BCUT2D eigenvalue weighted by Crippen LogP contribution is -2.42. The second-order valence-electron chi connectivity index (χ2n) is 4.88. The number of ether oxygens (including phenoxy) is 1. The molecular formula is C14H21NO. The Balaban J connectivity index is 2.40. The first kappa shape index (κ1) is 11.6. The summed E-state index contributed by atoms with van der Waals surface area (Å²) in [4.78, 5) is 0. The molecule has 1 aromatic rings. The first-order chi connectivity index (χ1) is 7.68. The molecule has 0 spiro atoms. The van der Waals surface area contributed by atoms with E-state index in [0.29, 0.717) is 6.54 Å². The van der Waals surface area contributed by atoms with Crippen LogP contribution in [0, 0.1) is 0 Å². The molecule has 0 saturated carbocycles. The number of benzene rings is 1. The number of hydrogen-bond acceptors (Lipinski definition) is 2. The molecule has 1 aliphatic rings. The van der Waals surface area contributed by atoms with Crippen LogP contribution in [0.5, 0.6) is 0 Å². The van der Waals surface area contributed by atoms with Crippen molar-refractivity contribution in [2.75, 3.05) is 6.54 Å². The molecule has 0 radical (unpaired) electrons. The number of hydrogen-bond donors (Lipinski definition) is 1. The Hall–Kier alpha value is -0.860. The Labute approximate surface area is 97.8 Å². The van der Waals surface area contributed by atoms with Crippen LogP contribution in [0.25, 0.3) is 0 Å². The lowest BCUT2D eigenvalue weighted by Gasteiger charge is -2.39. The average Bonchev–Trinajstić information content (AvgIpc) is 2.29. The van der Waals surface area contributed by atoms with Crippen molar-refractivity contribution in [3.05, 3.63) is 35.4 Å². The third kappa shape index (κ3) is 2.00. The lowest BCUT2D eigenvalue weighted by atomic mass is 9.79. The van der Waals surface area contributed by atoms with Crippen LogP contribution in [0.2, 0.25) is 0 Å². The van der Waals surface area contributed by atoms with Crippen molar-refractivity contribution in [1.82, 2.24) is 0 Å². The molecule has 1 aliphatic carbocycles. The first-order valence-corrected chi connectivity index (χ1v) is 6.14. The van der Waals surface area contributed by atoms with E-state index >= 15 is 0 Å². The van der Waals surface area contributed by atoms with Crippen LogP contribution in [0.3, 0.4) is 0 Å². The Morgan fingerprint density at radius 1 is 1.38 bits per heavy atom. The fraction of sp³-hybridized carbons (Fsp3) is 0.571. The van der Waals surface area contributed by atoms with Crippen LogP contribution in [-0.4, -0.2) is 12.6 Å². The molecule has 0 aromatic heterocycles. The Kier molecular flexibility index (Phi) is 3.31. The standard InChI is InChI=1S/C14H21NO/c1-11(2)16-14(10-15)9-5-7-12-6-3-4-8-13(12)14/h3-4,6,8,11H,5,7,9-10,15H2,1-2H3. The van der Waals surface area contributed by atoms with Crippen molar-refractivity contribution in [2.24, 2.45) is 5.73 Å². The second-order valence-corrected chi connectivity index (χ2v) is 4.88. The predicted molar refractivity (Wildman–Crippen MR) is 66.3 cm³/mol. The summed E-state index contributed by atoms with van der Waals surface area (Å²) in [7, 11) is 0. The van der Waals surface area contributed by atoms with Gasteiger partial charge in [-0.1, -0.05) is 24.3 Å². The van der Waals surface area contributed by atoms with Gasteiger partial charge in [0.25, 0.3) is 0 Å². The van der Waals surface area contributed by atoms with E-state index in [-0.39, 0.29) is 11.7 Å². The molecule has 2 nitrogen and oxygen atoms in total. The fourth-order valence-electron chi connectivity index (χ4n) is 2.72. The molecule has 2 rings (SSSR count). The second kappa shape index (κ2) is 4.56. The summed E-state index contributed by atoms with van der Waals surface area (Å²) in [6.45, 7) is 4.73. The molecule has 0 aliphatic heterocycles. The molecule has 1 atom stereocenters. The van der Waals surface area contributed by atoms with E-state index in [2.05, 4.69) is 38.1 Å². The minimum Gasteiger partial charge on any atom is -0.366 e. The Morgan fingerprint density at radius 2 is 2.12 bits per heavy atom. The molecule has 2 heteroatoms. The Morgan fingerprint density at radius 3 is 2.81 bits per heavy atom. The normalized spacial score (nSPS) is 24.5. The van der Waals surface area contributed by atoms with E-state index in [0.717, 1.165) is 12.8 Å². The zero-order valence-electron chi connectivity index (χ0n) is 10.2. The van der Waals surface area contributed by atoms with Gasteiger partial charge in [-0.05, 0) is 44.2 Å². The third-order valence-corrected chi connectivity index (χ3v) is 3.33. The van der Waals surface area contributed by atoms with Gasteiger partial charge in [0.2, 0.25) is 0 Å². The van der Waals surface area contributed by atoms with Crippen molar-refractivity contribution >= 4 is 0 Å². The van der Waals surface area contributed by atoms with Crippen LogP contribution >= 0.6 is 0 Å². The van der Waals surface area contributed by atoms with E-state index in [1.54, 1.807) is 0 Å². The zero-order valence-corrected chi connectivity index (χ0v) is 10.2. The van der Waals surface area contributed by atoms with Crippen molar-refractivity contribution in [3.8, 4) is 0 Å². The van der Waals surface area contributed by atoms with Crippen LogP contribution in [0.1, 0.15) is 37.8 Å². The van der Waals surface area contributed by atoms with Gasteiger partial charge in [0, 0.05) is 6.54 Å². The third-order valence-electron chi connectivity index (χ3n) is 3.33. The van der Waals surface area contributed by atoms with E-state index < -0.39 is 0 Å². The highest BCUT2D eigenvalue weighted by atomic mass is 16.5. The van der Waals surface area contributed by atoms with Crippen LogP contribution < -0.4 is 5.73 Å². The van der Waals surface area contributed by atoms with Gasteiger partial charge in [-0.15, -0.1) is 0 Å². The molecular weight excluding hydrogens is 198 g/mol. The van der Waals surface area contributed by atoms with Crippen molar-refractivity contribution < 1.29 is 4.74 Å². The smallest absolute Gasteiger partial charge is 0.106 e. The molecule has 16 heavy (non-hydrogen) atoms. The average molecular weight is 219 g/mol. The number of rotatable bonds is 3. The Bertz CT molecular complexity index is 362. The summed E-state index contributed by atoms with van der Waals surface area (Å²) < 4.78 is 6.13. The van der Waals surface area contributed by atoms with E-state index in [1.165, 1.54) is 17.5 Å². The highest BCUT2D eigenvalue weighted by Gasteiger charge is 2.36. The van der Waals surface area contributed by atoms with E-state index in [1.807, 2.05) is 0 Å². The molecule has 0 saturated heterocycles. The summed E-state index contributed by atoms with van der Waals surface area (Å²) >= 11 is 0. The maximum Gasteiger partial charge on any atom is 0.106 e. The summed E-state index contributed by atoms with van der Waals surface area (Å²) in [5.41, 5.74) is 8.44. The van der Waals surface area contributed by atoms with Crippen molar-refractivity contribution in [1.29, 1.82) is 0 Å². The van der Waals surface area contributed by atoms with E-state index in [4.69, 9.17) is 10.5 Å². The van der Waals surface area contributed by atoms with Crippen molar-refractivity contribution in [2.45, 2.75) is 44.8 Å². The molecule has 0 amide bonds. The minimum absolute atomic E-state index is 0.217. The molecule has 1 aromatic carbocycles. The number of aryl methyl sites for hydroxylation is 1. The van der Waals surface area contributed by atoms with Crippen molar-refractivity contribution in [3.63, 3.8) is 0 Å². The maximum atomic E-state index is 6.13. The van der Waals surface area contributed by atoms with Crippen LogP contribution in [0.4, 0.5) is 0 Å². The summed E-state index contributed by atoms with van der Waals surface area (Å²) in [6.07, 6.45) is 3.58. The predicted octanol–water partition coefficient (Wildman–Crippen LogP) is 2.60. The quantitative estimate of drug-likeness (QED) is 0.848. The van der Waals surface area contributed by atoms with Gasteiger partial charge in [-0.3, -0.25) is 0 Å². The van der Waals surface area contributed by atoms with E-state index in [9.17, 15) is 0 Å². The van der Waals surface area contributed by atoms with Gasteiger partial charge in [-0.25, -0.2) is 0 Å². The fourth-order valence-corrected chi connectivity index (χ4v) is 2.72. The molecule has 88 valence electrons. The molecule has 0 fully saturated rings. The van der Waals surface area contributed by atoms with Gasteiger partial charge in [-0.2, -0.15) is 0 Å². The summed E-state index contributed by atoms with van der Waals surface area (Å²) in [6, 6.07) is 8.55. The highest BCUT2D eigenvalue weighted by Crippen LogP contribution is 2.38. The number of fused-ring (bicyclic) bond motifs is 1. The zero-order chi connectivity index (χ0) is 11.6. The summed E-state index contributed by atoms with van der Waals surface area (Å²) in [5.74, 6) is 0. The minimum atomic E-state index is -0.247. The maximum absolute atomic E-state index is 6.13. The molecule has 2 N–H and O–H groups in total. The number of nitrogens with two attached hydrogens (primary N) is 1. The van der Waals surface area contributed by atoms with Gasteiger partial charge < -0.3 is 10.5 Å². The van der Waals surface area contributed by atoms with Gasteiger partial charge in [0.15, 0.2) is 0 Å². The van der Waals surface area contributed by atoms with Crippen LogP contribution in [0.15, 0.2) is 24.3 Å². The summed E-state index contributed by atoms with van der Waals surface area (Å²) in [5, 5.41) is 0. The monoisotopic (exact) mass is 219 g/mol. The van der Waals surface area contributed by atoms with Crippen LogP contribution in [-0.2, 0) is 16.8 Å². The molecule has 0 heterocycles. The highest BCUT2D eigenvalue weighted by molar-refractivity contribution is 5.35. The lowest BCUT2D eigenvalue weighted by molar-refractivity contribution is -0.0896. The topological polar surface area (TPSA) is 35.2 Å². The SMILES string of the molecule is CC(C)OC1(CN)CCCc2ccccc21. The van der Waals surface area contributed by atoms with Gasteiger partial charge in [0.05, 0.1) is 6.10 Å². The molecule has 1 unspecified atom stereocenters. The first-order valence-electron chi connectivity index (χ1n) is 6.14. The largest absolute Gasteiger partial charge is 0.366 e. The van der Waals surface area contributed by atoms with Gasteiger partial charge in [0.1, 0.15) is 5.60 Å².